The minimum absolute atomic E-state index is 0.277. The molecule has 90 valence electrons. The second-order valence-corrected chi connectivity index (χ2v) is 3.95. The fraction of sp³-hybridized carbons (Fsp3) is 0.538. The van der Waals surface area contributed by atoms with E-state index in [9.17, 15) is 4.39 Å². The topological polar surface area (TPSA) is 21.3 Å². The normalized spacial score (nSPS) is 10.4. The second-order valence-electron chi connectivity index (χ2n) is 3.95. The summed E-state index contributed by atoms with van der Waals surface area (Å²) in [4.78, 5) is 0. The fourth-order valence-corrected chi connectivity index (χ4v) is 1.48. The molecule has 0 spiro atoms. The van der Waals surface area contributed by atoms with E-state index in [2.05, 4.69) is 5.32 Å². The van der Waals surface area contributed by atoms with Crippen molar-refractivity contribution in [3.63, 3.8) is 0 Å². The van der Waals surface area contributed by atoms with Crippen molar-refractivity contribution < 1.29 is 9.13 Å². The van der Waals surface area contributed by atoms with Gasteiger partial charge in [-0.1, -0.05) is 6.07 Å². The first-order valence-corrected chi connectivity index (χ1v) is 5.77. The van der Waals surface area contributed by atoms with Crippen LogP contribution in [0.25, 0.3) is 0 Å². The number of benzene rings is 1. The lowest BCUT2D eigenvalue weighted by atomic mass is 10.2. The zero-order chi connectivity index (χ0) is 11.8. The molecule has 0 aliphatic heterocycles. The van der Waals surface area contributed by atoms with E-state index in [0.717, 1.165) is 31.4 Å². The van der Waals surface area contributed by atoms with E-state index in [1.54, 1.807) is 12.1 Å². The molecule has 2 nitrogen and oxygen atoms in total. The lowest BCUT2D eigenvalue weighted by Gasteiger charge is -2.07. The van der Waals surface area contributed by atoms with Crippen molar-refractivity contribution >= 4 is 0 Å². The van der Waals surface area contributed by atoms with E-state index in [1.165, 1.54) is 6.07 Å². The summed E-state index contributed by atoms with van der Waals surface area (Å²) in [5.41, 5.74) is 1.02. The molecule has 0 aliphatic rings. The highest BCUT2D eigenvalue weighted by atomic mass is 19.1. The van der Waals surface area contributed by atoms with E-state index >= 15 is 0 Å². The van der Waals surface area contributed by atoms with Gasteiger partial charge in [0.15, 0.2) is 11.6 Å². The van der Waals surface area contributed by atoms with E-state index in [4.69, 9.17) is 4.74 Å². The standard InChI is InChI=1S/C13H20FNO/c1-11-6-7-12(14)13(10-11)16-9-5-3-4-8-15-2/h6-7,10,15H,3-5,8-9H2,1-2H3. The largest absolute Gasteiger partial charge is 0.491 e. The average molecular weight is 225 g/mol. The fourth-order valence-electron chi connectivity index (χ4n) is 1.48. The van der Waals surface area contributed by atoms with Crippen molar-refractivity contribution in [2.75, 3.05) is 20.2 Å². The molecule has 3 heteroatoms. The average Bonchev–Trinajstić information content (AvgIpc) is 2.28. The van der Waals surface area contributed by atoms with Gasteiger partial charge in [-0.2, -0.15) is 0 Å². The summed E-state index contributed by atoms with van der Waals surface area (Å²) < 4.78 is 18.7. The third-order valence-electron chi connectivity index (χ3n) is 2.42. The van der Waals surface area contributed by atoms with Crippen molar-refractivity contribution in [3.05, 3.63) is 29.6 Å². The van der Waals surface area contributed by atoms with Gasteiger partial charge in [-0.15, -0.1) is 0 Å². The van der Waals surface area contributed by atoms with Crippen LogP contribution in [0.4, 0.5) is 4.39 Å². The number of ether oxygens (including phenoxy) is 1. The number of unbranched alkanes of at least 4 members (excludes halogenated alkanes) is 2. The minimum Gasteiger partial charge on any atom is -0.491 e. The second kappa shape index (κ2) is 7.23. The van der Waals surface area contributed by atoms with Gasteiger partial charge in [0.05, 0.1) is 6.61 Å². The molecule has 0 heterocycles. The Bertz CT molecular complexity index is 315. The van der Waals surface area contributed by atoms with Gasteiger partial charge in [-0.05, 0) is 57.5 Å². The van der Waals surface area contributed by atoms with Crippen molar-refractivity contribution in [1.29, 1.82) is 0 Å². The molecule has 0 unspecified atom stereocenters. The van der Waals surface area contributed by atoms with Crippen LogP contribution in [-0.4, -0.2) is 20.2 Å². The zero-order valence-corrected chi connectivity index (χ0v) is 10.1. The molecule has 1 N–H and O–H groups in total. The number of rotatable bonds is 7. The van der Waals surface area contributed by atoms with Gasteiger partial charge in [-0.25, -0.2) is 4.39 Å². The third-order valence-corrected chi connectivity index (χ3v) is 2.42. The Kier molecular flexibility index (Phi) is 5.86. The Morgan fingerprint density at radius 1 is 1.25 bits per heavy atom. The summed E-state index contributed by atoms with van der Waals surface area (Å²) in [6.07, 6.45) is 3.21. The van der Waals surface area contributed by atoms with Gasteiger partial charge in [0.2, 0.25) is 0 Å². The SMILES string of the molecule is CNCCCCCOc1cc(C)ccc1F. The first-order chi connectivity index (χ1) is 7.74. The molecule has 0 fully saturated rings. The van der Waals surface area contributed by atoms with Crippen molar-refractivity contribution in [2.45, 2.75) is 26.2 Å². The number of halogens is 1. The third kappa shape index (κ3) is 4.62. The molecule has 0 radical (unpaired) electrons. The lowest BCUT2D eigenvalue weighted by Crippen LogP contribution is -2.08. The van der Waals surface area contributed by atoms with Crippen molar-refractivity contribution in [1.82, 2.24) is 5.32 Å². The first kappa shape index (κ1) is 13.0. The van der Waals surface area contributed by atoms with Crippen molar-refractivity contribution in [2.24, 2.45) is 0 Å². The lowest BCUT2D eigenvalue weighted by molar-refractivity contribution is 0.290. The number of hydrogen-bond acceptors (Lipinski definition) is 2. The maximum atomic E-state index is 13.3. The van der Waals surface area contributed by atoms with Gasteiger partial charge < -0.3 is 10.1 Å². The highest BCUT2D eigenvalue weighted by Gasteiger charge is 2.02. The number of hydrogen-bond donors (Lipinski definition) is 1. The molecule has 0 bridgehead atoms. The monoisotopic (exact) mass is 225 g/mol. The van der Waals surface area contributed by atoms with Gasteiger partial charge in [0.25, 0.3) is 0 Å². The van der Waals surface area contributed by atoms with Crippen LogP contribution in [0.2, 0.25) is 0 Å². The summed E-state index contributed by atoms with van der Waals surface area (Å²) >= 11 is 0. The molecule has 1 aromatic rings. The molecule has 16 heavy (non-hydrogen) atoms. The molecule has 0 saturated heterocycles. The van der Waals surface area contributed by atoms with Crippen molar-refractivity contribution in [3.8, 4) is 5.75 Å². The molecular formula is C13H20FNO. The van der Waals surface area contributed by atoms with Crippen LogP contribution in [0, 0.1) is 12.7 Å². The van der Waals surface area contributed by atoms with Gasteiger partial charge >= 0.3 is 0 Å². The molecule has 0 aromatic heterocycles. The molecule has 0 atom stereocenters. The van der Waals surface area contributed by atoms with Crippen LogP contribution in [0.15, 0.2) is 18.2 Å². The van der Waals surface area contributed by atoms with E-state index in [0.29, 0.717) is 12.4 Å². The Balaban J connectivity index is 2.23. The number of aryl methyl sites for hydroxylation is 1. The highest BCUT2D eigenvalue weighted by Crippen LogP contribution is 2.18. The van der Waals surface area contributed by atoms with E-state index in [-0.39, 0.29) is 5.82 Å². The molecular weight excluding hydrogens is 205 g/mol. The molecule has 1 aromatic carbocycles. The Morgan fingerprint density at radius 2 is 2.06 bits per heavy atom. The zero-order valence-electron chi connectivity index (χ0n) is 10.1. The quantitative estimate of drug-likeness (QED) is 0.720. The molecule has 0 aliphatic carbocycles. The molecule has 0 saturated carbocycles. The van der Waals surface area contributed by atoms with E-state index in [1.807, 2.05) is 14.0 Å². The predicted molar refractivity (Wildman–Crippen MR) is 64.4 cm³/mol. The number of nitrogens with one attached hydrogen (secondary N) is 1. The molecule has 0 amide bonds. The highest BCUT2D eigenvalue weighted by molar-refractivity contribution is 5.29. The smallest absolute Gasteiger partial charge is 0.165 e. The summed E-state index contributed by atoms with van der Waals surface area (Å²) in [5.74, 6) is 0.0921. The van der Waals surface area contributed by atoms with Crippen LogP contribution in [0.1, 0.15) is 24.8 Å². The minimum atomic E-state index is -0.277. The Hall–Kier alpha value is -1.09. The van der Waals surface area contributed by atoms with Gasteiger partial charge in [-0.3, -0.25) is 0 Å². The van der Waals surface area contributed by atoms with Crippen LogP contribution >= 0.6 is 0 Å². The maximum Gasteiger partial charge on any atom is 0.165 e. The maximum absolute atomic E-state index is 13.3. The summed E-state index contributed by atoms with van der Waals surface area (Å²) in [5, 5.41) is 3.09. The van der Waals surface area contributed by atoms with Crippen LogP contribution < -0.4 is 10.1 Å². The van der Waals surface area contributed by atoms with Crippen LogP contribution in [-0.2, 0) is 0 Å². The summed E-state index contributed by atoms with van der Waals surface area (Å²) in [6.45, 7) is 3.54. The summed E-state index contributed by atoms with van der Waals surface area (Å²) in [6, 6.07) is 4.93. The van der Waals surface area contributed by atoms with Crippen LogP contribution in [0.3, 0.4) is 0 Å². The molecule has 1 rings (SSSR count). The summed E-state index contributed by atoms with van der Waals surface area (Å²) in [7, 11) is 1.94. The Morgan fingerprint density at radius 3 is 2.81 bits per heavy atom. The first-order valence-electron chi connectivity index (χ1n) is 5.77. The van der Waals surface area contributed by atoms with Crippen LogP contribution in [0.5, 0.6) is 5.75 Å². The van der Waals surface area contributed by atoms with Gasteiger partial charge in [0.1, 0.15) is 0 Å². The van der Waals surface area contributed by atoms with E-state index < -0.39 is 0 Å². The predicted octanol–water partition coefficient (Wildman–Crippen LogP) is 2.90. The van der Waals surface area contributed by atoms with Gasteiger partial charge in [0, 0.05) is 0 Å². The Labute approximate surface area is 96.8 Å².